The number of nitrogens with one attached hydrogen (secondary N) is 2. The fraction of sp³-hybridized carbons (Fsp3) is 0.593. The van der Waals surface area contributed by atoms with E-state index in [1.807, 2.05) is 12.1 Å². The van der Waals surface area contributed by atoms with Crippen LogP contribution >= 0.6 is 19.6 Å². The van der Waals surface area contributed by atoms with Crippen LogP contribution in [-0.4, -0.2) is 53.4 Å². The molecular formula is C27H37ClN5O4P. The zero-order valence-corrected chi connectivity index (χ0v) is 23.6. The second kappa shape index (κ2) is 11.9. The smallest absolute Gasteiger partial charge is 0.256 e. The summed E-state index contributed by atoms with van der Waals surface area (Å²) in [7, 11) is -1.92. The first-order valence-corrected chi connectivity index (χ1v) is 15.7. The molecule has 206 valence electrons. The second-order valence-corrected chi connectivity index (χ2v) is 12.6. The van der Waals surface area contributed by atoms with Gasteiger partial charge in [-0.25, -0.2) is 4.98 Å². The first-order valence-electron chi connectivity index (χ1n) is 13.5. The summed E-state index contributed by atoms with van der Waals surface area (Å²) in [5.74, 6) is 1.30. The van der Waals surface area contributed by atoms with E-state index in [9.17, 15) is 14.5 Å². The van der Waals surface area contributed by atoms with E-state index in [1.165, 1.54) is 19.3 Å². The van der Waals surface area contributed by atoms with Crippen molar-refractivity contribution in [1.82, 2.24) is 15.3 Å². The number of anilines is 2. The number of nitrogens with zero attached hydrogens (tertiary/aromatic N) is 3. The highest BCUT2D eigenvalue weighted by Gasteiger charge is 2.48. The molecule has 1 unspecified atom stereocenters. The van der Waals surface area contributed by atoms with Crippen LogP contribution < -0.4 is 15.5 Å². The molecule has 2 saturated carbocycles. The van der Waals surface area contributed by atoms with Crippen molar-refractivity contribution in [2.24, 2.45) is 11.3 Å². The van der Waals surface area contributed by atoms with Gasteiger partial charge >= 0.3 is 0 Å². The predicted molar refractivity (Wildman–Crippen MR) is 149 cm³/mol. The maximum atomic E-state index is 13.3. The number of halogens is 1. The monoisotopic (exact) mass is 561 g/mol. The molecule has 5 rings (SSSR count). The number of amides is 1. The number of aliphatic hydroxyl groups excluding tert-OH is 1. The van der Waals surface area contributed by atoms with E-state index in [0.717, 1.165) is 44.3 Å². The van der Waals surface area contributed by atoms with Gasteiger partial charge in [0.2, 0.25) is 5.95 Å². The van der Waals surface area contributed by atoms with E-state index in [1.54, 1.807) is 18.9 Å². The Morgan fingerprint density at radius 1 is 1.26 bits per heavy atom. The molecule has 0 bridgehead atoms. The number of hydrogen-bond donors (Lipinski definition) is 3. The summed E-state index contributed by atoms with van der Waals surface area (Å²) in [5.41, 5.74) is 2.45. The average Bonchev–Trinajstić information content (AvgIpc) is 3.54. The van der Waals surface area contributed by atoms with Crippen molar-refractivity contribution in [1.29, 1.82) is 0 Å². The van der Waals surface area contributed by atoms with Gasteiger partial charge in [-0.15, -0.1) is 0 Å². The second-order valence-electron chi connectivity index (χ2n) is 11.0. The van der Waals surface area contributed by atoms with Crippen molar-refractivity contribution in [3.05, 3.63) is 46.1 Å². The molecule has 9 nitrogen and oxygen atoms in total. The molecule has 1 aromatic carbocycles. The van der Waals surface area contributed by atoms with Crippen LogP contribution in [0.25, 0.3) is 0 Å². The van der Waals surface area contributed by atoms with Gasteiger partial charge in [-0.2, -0.15) is 4.98 Å². The molecule has 1 aliphatic heterocycles. The van der Waals surface area contributed by atoms with Crippen LogP contribution in [0, 0.1) is 11.3 Å². The Hall–Kier alpha value is -2.19. The highest BCUT2D eigenvalue weighted by molar-refractivity contribution is 7.38. The third-order valence-electron chi connectivity index (χ3n) is 8.12. The predicted octanol–water partition coefficient (Wildman–Crippen LogP) is 4.63. The zero-order chi connectivity index (χ0) is 26.7. The molecule has 1 amide bonds. The normalized spacial score (nSPS) is 22.9. The summed E-state index contributed by atoms with van der Waals surface area (Å²) in [4.78, 5) is 24.9. The summed E-state index contributed by atoms with van der Waals surface area (Å²) in [6.07, 6.45) is 8.99. The van der Waals surface area contributed by atoms with Crippen molar-refractivity contribution in [3.8, 4) is 0 Å². The maximum absolute atomic E-state index is 13.3. The van der Waals surface area contributed by atoms with E-state index in [0.29, 0.717) is 52.3 Å². The fourth-order valence-electron chi connectivity index (χ4n) is 5.55. The quantitative estimate of drug-likeness (QED) is 0.359. The van der Waals surface area contributed by atoms with Gasteiger partial charge in [0.25, 0.3) is 5.91 Å². The highest BCUT2D eigenvalue weighted by atomic mass is 35.5. The lowest BCUT2D eigenvalue weighted by Crippen LogP contribution is -2.33. The van der Waals surface area contributed by atoms with E-state index in [2.05, 4.69) is 20.5 Å². The van der Waals surface area contributed by atoms with Crippen molar-refractivity contribution < 1.29 is 19.0 Å². The molecule has 11 heteroatoms. The van der Waals surface area contributed by atoms with Crippen LogP contribution in [0.4, 0.5) is 11.8 Å². The lowest BCUT2D eigenvalue weighted by molar-refractivity contribution is 0.0932. The Morgan fingerprint density at radius 2 is 2.05 bits per heavy atom. The summed E-state index contributed by atoms with van der Waals surface area (Å²) >= 11 is 6.28. The average molecular weight is 562 g/mol. The topological polar surface area (TPSA) is 117 Å². The molecule has 0 radical (unpaired) electrons. The molecule has 1 spiro atoms. The SMILES string of the molecule is C[PH](=O)O[C@H]1CC[C@H](CNC(=O)c2cnc(N3CCC4(CC4)C3)nc2NCc2ccc(CO)c(Cl)c2)CC1. The molecule has 2 heterocycles. The van der Waals surface area contributed by atoms with Crippen LogP contribution in [0.2, 0.25) is 5.02 Å². The number of aromatic nitrogens is 2. The summed E-state index contributed by atoms with van der Waals surface area (Å²) in [5, 5.41) is 16.3. The van der Waals surface area contributed by atoms with Crippen LogP contribution in [0.1, 0.15) is 66.4 Å². The number of carbonyl (C=O) groups is 1. The van der Waals surface area contributed by atoms with E-state index < -0.39 is 8.03 Å². The zero-order valence-electron chi connectivity index (χ0n) is 21.8. The van der Waals surface area contributed by atoms with Crippen LogP contribution in [-0.2, 0) is 22.2 Å². The van der Waals surface area contributed by atoms with Gasteiger partial charge in [0.15, 0.2) is 8.03 Å². The van der Waals surface area contributed by atoms with Gasteiger partial charge in [0.1, 0.15) is 11.4 Å². The van der Waals surface area contributed by atoms with Crippen molar-refractivity contribution >= 4 is 37.3 Å². The standard InChI is InChI=1S/C27H37ClN5O4P/c1-38(36)37-21-6-3-18(4-7-21)13-30-25(35)22-15-31-26(33-11-10-27(17-33)8-9-27)32-24(22)29-14-19-2-5-20(16-34)23(28)12-19/h2,5,12,15,18,21,34,38H,3-4,6-11,13-14,16-17H2,1H3,(H,30,35)(H,29,31,32)/t18-,21-. The number of hydrogen-bond acceptors (Lipinski definition) is 8. The Labute approximate surface area is 229 Å². The first-order chi connectivity index (χ1) is 18.3. The Balaban J connectivity index is 1.26. The number of carbonyl (C=O) groups excluding carboxylic acids is 1. The highest BCUT2D eigenvalue weighted by Crippen LogP contribution is 2.53. The molecule has 2 aliphatic carbocycles. The molecule has 3 aliphatic rings. The maximum Gasteiger partial charge on any atom is 0.256 e. The Morgan fingerprint density at radius 3 is 2.71 bits per heavy atom. The third kappa shape index (κ3) is 6.68. The molecular weight excluding hydrogens is 525 g/mol. The van der Waals surface area contributed by atoms with Gasteiger partial charge in [0, 0.05) is 44.1 Å². The Kier molecular flexibility index (Phi) is 8.58. The van der Waals surface area contributed by atoms with Gasteiger partial charge < -0.3 is 25.2 Å². The van der Waals surface area contributed by atoms with E-state index in [-0.39, 0.29) is 18.6 Å². The lowest BCUT2D eigenvalue weighted by Gasteiger charge is -2.28. The minimum Gasteiger partial charge on any atom is -0.392 e. The Bertz CT molecular complexity index is 1190. The number of rotatable bonds is 10. The summed E-state index contributed by atoms with van der Waals surface area (Å²) in [6, 6.07) is 5.52. The van der Waals surface area contributed by atoms with Crippen LogP contribution in [0.3, 0.4) is 0 Å². The van der Waals surface area contributed by atoms with Crippen LogP contribution in [0.15, 0.2) is 24.4 Å². The van der Waals surface area contributed by atoms with E-state index in [4.69, 9.17) is 21.1 Å². The molecule has 38 heavy (non-hydrogen) atoms. The van der Waals surface area contributed by atoms with Gasteiger partial charge in [-0.3, -0.25) is 9.36 Å². The fourth-order valence-corrected chi connectivity index (χ4v) is 6.52. The molecule has 3 N–H and O–H groups in total. The third-order valence-corrected chi connectivity index (χ3v) is 9.14. The first kappa shape index (κ1) is 27.4. The summed E-state index contributed by atoms with van der Waals surface area (Å²) < 4.78 is 16.9. The van der Waals surface area contributed by atoms with Crippen molar-refractivity contribution in [2.75, 3.05) is 36.5 Å². The lowest BCUT2D eigenvalue weighted by atomic mass is 9.87. The number of benzene rings is 1. The number of aliphatic hydroxyl groups is 1. The molecule has 1 atom stereocenters. The molecule has 2 aromatic rings. The molecule has 1 aromatic heterocycles. The van der Waals surface area contributed by atoms with Gasteiger partial charge in [0.05, 0.1) is 12.7 Å². The summed E-state index contributed by atoms with van der Waals surface area (Å²) in [6.45, 7) is 4.41. The minimum atomic E-state index is -1.92. The van der Waals surface area contributed by atoms with Gasteiger partial charge in [-0.1, -0.05) is 23.7 Å². The minimum absolute atomic E-state index is 0.0652. The molecule has 3 fully saturated rings. The van der Waals surface area contributed by atoms with Gasteiger partial charge in [-0.05, 0) is 73.5 Å². The van der Waals surface area contributed by atoms with Crippen LogP contribution in [0.5, 0.6) is 0 Å². The van der Waals surface area contributed by atoms with Crippen molar-refractivity contribution in [2.45, 2.75) is 64.2 Å². The molecule has 1 saturated heterocycles. The van der Waals surface area contributed by atoms with E-state index >= 15 is 0 Å². The largest absolute Gasteiger partial charge is 0.392 e. The van der Waals surface area contributed by atoms with Crippen molar-refractivity contribution in [3.63, 3.8) is 0 Å².